The Hall–Kier alpha value is -1.69. The van der Waals surface area contributed by atoms with Crippen molar-refractivity contribution in [3.8, 4) is 5.75 Å². The zero-order valence-electron chi connectivity index (χ0n) is 7.07. The molecule has 0 aliphatic carbocycles. The van der Waals surface area contributed by atoms with Gasteiger partial charge in [0.15, 0.2) is 5.11 Å². The van der Waals surface area contributed by atoms with E-state index in [1.165, 1.54) is 12.3 Å². The molecule has 4 N–H and O–H groups in total. The zero-order chi connectivity index (χ0) is 10.6. The third-order valence-corrected chi connectivity index (χ3v) is 1.46. The first kappa shape index (κ1) is 10.4. The summed E-state index contributed by atoms with van der Waals surface area (Å²) < 4.78 is 12.7. The molecule has 14 heavy (non-hydrogen) atoms. The van der Waals surface area contributed by atoms with Gasteiger partial charge >= 0.3 is 0 Å². The predicted octanol–water partition coefficient (Wildman–Crippen LogP) is 0.698. The Kier molecular flexibility index (Phi) is 3.35. The Bertz CT molecular complexity index is 381. The van der Waals surface area contributed by atoms with Gasteiger partial charge < -0.3 is 10.8 Å². The fourth-order valence-corrected chi connectivity index (χ4v) is 0.847. The molecule has 0 heterocycles. The summed E-state index contributed by atoms with van der Waals surface area (Å²) in [5, 5.41) is 12.8. The average Bonchev–Trinajstić information content (AvgIpc) is 2.10. The van der Waals surface area contributed by atoms with Crippen molar-refractivity contribution in [3.63, 3.8) is 0 Å². The lowest BCUT2D eigenvalue weighted by Crippen LogP contribution is -2.23. The molecule has 4 nitrogen and oxygen atoms in total. The molecule has 6 heteroatoms. The molecule has 1 aromatic rings. The van der Waals surface area contributed by atoms with Crippen molar-refractivity contribution >= 4 is 23.5 Å². The highest BCUT2D eigenvalue weighted by Crippen LogP contribution is 2.15. The third-order valence-electron chi connectivity index (χ3n) is 1.37. The number of nitrogens with one attached hydrogen (secondary N) is 1. The number of thiocarbonyl (C=S) groups is 1. The molecule has 74 valence electrons. The molecule has 0 radical (unpaired) electrons. The standard InChI is InChI=1S/C8H8FN3OS/c9-6-1-2-7(13)5(3-6)4-11-12-8(10)14/h1-4,13H,(H3,10,12,14). The lowest BCUT2D eigenvalue weighted by molar-refractivity contribution is 0.472. The molecule has 0 aromatic heterocycles. The van der Waals surface area contributed by atoms with Crippen LogP contribution in [0.2, 0.25) is 0 Å². The summed E-state index contributed by atoms with van der Waals surface area (Å²) >= 11 is 4.49. The van der Waals surface area contributed by atoms with E-state index in [0.717, 1.165) is 12.1 Å². The number of hydrogen-bond donors (Lipinski definition) is 3. The Morgan fingerprint density at radius 1 is 1.64 bits per heavy atom. The minimum atomic E-state index is -0.459. The molecule has 0 aliphatic rings. The number of phenolic OH excluding ortho intramolecular Hbond substituents is 1. The first-order chi connectivity index (χ1) is 6.59. The van der Waals surface area contributed by atoms with Gasteiger partial charge in [0.1, 0.15) is 11.6 Å². The molecule has 0 fully saturated rings. The van der Waals surface area contributed by atoms with Gasteiger partial charge in [-0.05, 0) is 30.4 Å². The summed E-state index contributed by atoms with van der Waals surface area (Å²) in [7, 11) is 0. The minimum absolute atomic E-state index is 0.00265. The highest BCUT2D eigenvalue weighted by atomic mass is 32.1. The van der Waals surface area contributed by atoms with Crippen molar-refractivity contribution < 1.29 is 9.50 Å². The van der Waals surface area contributed by atoms with E-state index in [4.69, 9.17) is 5.73 Å². The second-order valence-electron chi connectivity index (χ2n) is 2.44. The van der Waals surface area contributed by atoms with Gasteiger partial charge in [0, 0.05) is 5.56 Å². The number of nitrogens with two attached hydrogens (primary N) is 1. The molecule has 0 unspecified atom stereocenters. The smallest absolute Gasteiger partial charge is 0.184 e. The molecule has 1 aromatic carbocycles. The van der Waals surface area contributed by atoms with Crippen molar-refractivity contribution in [3.05, 3.63) is 29.6 Å². The summed E-state index contributed by atoms with van der Waals surface area (Å²) in [5.74, 6) is -0.528. The van der Waals surface area contributed by atoms with Gasteiger partial charge in [-0.3, -0.25) is 5.43 Å². The number of halogens is 1. The second-order valence-corrected chi connectivity index (χ2v) is 2.88. The van der Waals surface area contributed by atoms with E-state index in [0.29, 0.717) is 0 Å². The Balaban J connectivity index is 2.80. The SMILES string of the molecule is NC(=S)NN=Cc1cc(F)ccc1O. The van der Waals surface area contributed by atoms with Crippen molar-refractivity contribution in [2.24, 2.45) is 10.8 Å². The number of aromatic hydroxyl groups is 1. The van der Waals surface area contributed by atoms with E-state index in [9.17, 15) is 9.50 Å². The Morgan fingerprint density at radius 3 is 3.00 bits per heavy atom. The van der Waals surface area contributed by atoms with Crippen LogP contribution in [-0.2, 0) is 0 Å². The fraction of sp³-hybridized carbons (Fsp3) is 0. The van der Waals surface area contributed by atoms with Crippen LogP contribution in [0.3, 0.4) is 0 Å². The van der Waals surface area contributed by atoms with Crippen LogP contribution in [0.1, 0.15) is 5.56 Å². The summed E-state index contributed by atoms with van der Waals surface area (Å²) in [4.78, 5) is 0. The number of nitrogens with zero attached hydrogens (tertiary/aromatic N) is 1. The number of benzene rings is 1. The van der Waals surface area contributed by atoms with Crippen molar-refractivity contribution in [2.45, 2.75) is 0 Å². The molecule has 0 amide bonds. The maximum Gasteiger partial charge on any atom is 0.184 e. The first-order valence-electron chi connectivity index (χ1n) is 3.66. The van der Waals surface area contributed by atoms with E-state index in [1.807, 2.05) is 0 Å². The molecule has 0 atom stereocenters. The predicted molar refractivity (Wildman–Crippen MR) is 55.6 cm³/mol. The van der Waals surface area contributed by atoms with Gasteiger partial charge in [-0.2, -0.15) is 5.10 Å². The monoisotopic (exact) mass is 213 g/mol. The highest BCUT2D eigenvalue weighted by Gasteiger charge is 1.99. The van der Waals surface area contributed by atoms with Crippen LogP contribution >= 0.6 is 12.2 Å². The van der Waals surface area contributed by atoms with Crippen molar-refractivity contribution in [1.29, 1.82) is 0 Å². The first-order valence-corrected chi connectivity index (χ1v) is 4.07. The van der Waals surface area contributed by atoms with Crippen LogP contribution in [-0.4, -0.2) is 16.4 Å². The summed E-state index contributed by atoms with van der Waals surface area (Å²) in [6.45, 7) is 0. The Morgan fingerprint density at radius 2 is 2.36 bits per heavy atom. The topological polar surface area (TPSA) is 70.6 Å². The molecule has 0 bridgehead atoms. The molecule has 0 saturated carbocycles. The van der Waals surface area contributed by atoms with Crippen LogP contribution in [0.25, 0.3) is 0 Å². The van der Waals surface area contributed by atoms with Gasteiger partial charge in [-0.15, -0.1) is 0 Å². The third kappa shape index (κ3) is 2.98. The van der Waals surface area contributed by atoms with Crippen LogP contribution in [0, 0.1) is 5.82 Å². The molecular formula is C8H8FN3OS. The number of hydrazone groups is 1. The van der Waals surface area contributed by atoms with Gasteiger partial charge in [0.05, 0.1) is 6.21 Å². The summed E-state index contributed by atoms with van der Waals surface area (Å²) in [5.41, 5.74) is 7.62. The second kappa shape index (κ2) is 4.52. The van der Waals surface area contributed by atoms with Gasteiger partial charge in [-0.1, -0.05) is 0 Å². The van der Waals surface area contributed by atoms with E-state index in [2.05, 4.69) is 22.7 Å². The maximum atomic E-state index is 12.7. The fourth-order valence-electron chi connectivity index (χ4n) is 0.794. The quantitative estimate of drug-likeness (QED) is 0.384. The summed E-state index contributed by atoms with van der Waals surface area (Å²) in [6.07, 6.45) is 1.22. The molecule has 0 aliphatic heterocycles. The number of hydrogen-bond acceptors (Lipinski definition) is 3. The van der Waals surface area contributed by atoms with Crippen molar-refractivity contribution in [1.82, 2.24) is 5.43 Å². The van der Waals surface area contributed by atoms with Crippen LogP contribution in [0.4, 0.5) is 4.39 Å². The van der Waals surface area contributed by atoms with Gasteiger partial charge in [-0.25, -0.2) is 4.39 Å². The lowest BCUT2D eigenvalue weighted by Gasteiger charge is -1.98. The van der Waals surface area contributed by atoms with Crippen molar-refractivity contribution in [2.75, 3.05) is 0 Å². The van der Waals surface area contributed by atoms with Crippen LogP contribution < -0.4 is 11.2 Å². The largest absolute Gasteiger partial charge is 0.507 e. The van der Waals surface area contributed by atoms with E-state index < -0.39 is 5.82 Å². The lowest BCUT2D eigenvalue weighted by atomic mass is 10.2. The number of rotatable bonds is 2. The molecule has 0 spiro atoms. The summed E-state index contributed by atoms with van der Waals surface area (Å²) in [6, 6.07) is 3.52. The molecule has 1 rings (SSSR count). The van der Waals surface area contributed by atoms with E-state index in [1.54, 1.807) is 0 Å². The van der Waals surface area contributed by atoms with E-state index in [-0.39, 0.29) is 16.4 Å². The highest BCUT2D eigenvalue weighted by molar-refractivity contribution is 7.80. The Labute approximate surface area is 85.2 Å². The zero-order valence-corrected chi connectivity index (χ0v) is 7.88. The maximum absolute atomic E-state index is 12.7. The normalized spacial score (nSPS) is 10.4. The van der Waals surface area contributed by atoms with Gasteiger partial charge in [0.2, 0.25) is 0 Å². The average molecular weight is 213 g/mol. The van der Waals surface area contributed by atoms with E-state index >= 15 is 0 Å². The number of phenols is 1. The molecular weight excluding hydrogens is 205 g/mol. The minimum Gasteiger partial charge on any atom is -0.507 e. The molecule has 0 saturated heterocycles. The van der Waals surface area contributed by atoms with Gasteiger partial charge in [0.25, 0.3) is 0 Å². The van der Waals surface area contributed by atoms with Crippen LogP contribution in [0.15, 0.2) is 23.3 Å². The van der Waals surface area contributed by atoms with Crippen LogP contribution in [0.5, 0.6) is 5.75 Å².